The van der Waals surface area contributed by atoms with E-state index in [9.17, 15) is 19.7 Å². The van der Waals surface area contributed by atoms with Crippen molar-refractivity contribution < 1.29 is 19.2 Å². The molecule has 1 aromatic carbocycles. The topological polar surface area (TPSA) is 129 Å². The Bertz CT molecular complexity index is 1110. The van der Waals surface area contributed by atoms with Crippen LogP contribution in [-0.2, 0) is 16.6 Å². The molecule has 0 radical (unpaired) electrons. The molecular formula is C17H17N5O5S2. The number of ether oxygens (including phenoxy) is 1. The van der Waals surface area contributed by atoms with Crippen LogP contribution in [0.25, 0.3) is 10.2 Å². The van der Waals surface area contributed by atoms with Crippen LogP contribution < -0.4 is 5.32 Å². The van der Waals surface area contributed by atoms with E-state index in [-0.39, 0.29) is 23.0 Å². The van der Waals surface area contributed by atoms with E-state index in [2.05, 4.69) is 15.4 Å². The number of nitrogens with one attached hydrogen (secondary N) is 1. The molecule has 0 saturated heterocycles. The maximum atomic E-state index is 12.6. The van der Waals surface area contributed by atoms with E-state index in [1.54, 1.807) is 18.2 Å². The quantitative estimate of drug-likeness (QED) is 0.197. The third kappa shape index (κ3) is 4.71. The van der Waals surface area contributed by atoms with Gasteiger partial charge in [-0.15, -0.1) is 11.3 Å². The van der Waals surface area contributed by atoms with Crippen molar-refractivity contribution in [2.45, 2.75) is 18.2 Å². The lowest BCUT2D eigenvalue weighted by atomic mass is 10.2. The molecule has 29 heavy (non-hydrogen) atoms. The molecule has 10 nitrogen and oxygen atoms in total. The minimum absolute atomic E-state index is 0.112. The van der Waals surface area contributed by atoms with Gasteiger partial charge in [-0.2, -0.15) is 5.10 Å². The highest BCUT2D eigenvalue weighted by atomic mass is 32.2. The van der Waals surface area contributed by atoms with Gasteiger partial charge < -0.3 is 10.1 Å². The van der Waals surface area contributed by atoms with Gasteiger partial charge in [0.1, 0.15) is 12.3 Å². The summed E-state index contributed by atoms with van der Waals surface area (Å²) >= 11 is 2.91. The van der Waals surface area contributed by atoms with Crippen LogP contribution in [0, 0.1) is 17.0 Å². The van der Waals surface area contributed by atoms with Crippen LogP contribution in [0.3, 0.4) is 0 Å². The summed E-state index contributed by atoms with van der Waals surface area (Å²) in [5.41, 5.74) is 1.02. The number of amides is 1. The molecule has 1 amide bonds. The Morgan fingerprint density at radius 3 is 2.86 bits per heavy atom. The summed E-state index contributed by atoms with van der Waals surface area (Å²) in [6, 6.07) is 5.21. The summed E-state index contributed by atoms with van der Waals surface area (Å²) in [5.74, 6) is -0.342. The Balaban J connectivity index is 1.75. The Kier molecular flexibility index (Phi) is 6.13. The van der Waals surface area contributed by atoms with E-state index in [1.807, 2.05) is 0 Å². The number of carbonyl (C=O) groups is 2. The van der Waals surface area contributed by atoms with Gasteiger partial charge in [0, 0.05) is 25.4 Å². The number of carbonyl (C=O) groups excluding carboxylic acids is 2. The minimum Gasteiger partial charge on any atom is -0.465 e. The van der Waals surface area contributed by atoms with Crippen LogP contribution in [0.4, 0.5) is 11.4 Å². The Morgan fingerprint density at radius 2 is 2.17 bits per heavy atom. The van der Waals surface area contributed by atoms with Crippen LogP contribution in [0.1, 0.15) is 23.1 Å². The van der Waals surface area contributed by atoms with Crippen molar-refractivity contribution in [1.82, 2.24) is 14.8 Å². The van der Waals surface area contributed by atoms with Gasteiger partial charge in [0.05, 0.1) is 15.1 Å². The number of thioether (sulfide) groups is 1. The van der Waals surface area contributed by atoms with Gasteiger partial charge in [0.2, 0.25) is 5.69 Å². The molecule has 152 valence electrons. The van der Waals surface area contributed by atoms with Crippen molar-refractivity contribution in [2.24, 2.45) is 7.05 Å². The predicted molar refractivity (Wildman–Crippen MR) is 110 cm³/mol. The summed E-state index contributed by atoms with van der Waals surface area (Å²) in [4.78, 5) is 38.5. The number of hydrogen-bond acceptors (Lipinski definition) is 9. The second-order valence-corrected chi connectivity index (χ2v) is 8.34. The number of fused-ring (bicyclic) bond motifs is 1. The van der Waals surface area contributed by atoms with Crippen LogP contribution in [0.2, 0.25) is 0 Å². The first-order valence-electron chi connectivity index (χ1n) is 8.42. The molecule has 2 heterocycles. The standard InChI is InChI=1S/C17H17N5O5S2/c1-9-14(22(25)26)15(21(3)20-9)16(24)18-11-4-5-12-13(8-11)29-17(19-12)28-7-6-27-10(2)23/h4-5,8H,6-7H2,1-3H3,(H,18,24). The molecular weight excluding hydrogens is 418 g/mol. The summed E-state index contributed by atoms with van der Waals surface area (Å²) in [7, 11) is 1.49. The van der Waals surface area contributed by atoms with Crippen molar-refractivity contribution in [2.75, 3.05) is 17.7 Å². The molecule has 1 N–H and O–H groups in total. The number of aromatic nitrogens is 3. The third-order valence-corrected chi connectivity index (χ3v) is 5.95. The average Bonchev–Trinajstić information content (AvgIpc) is 3.17. The number of rotatable bonds is 7. The molecule has 12 heteroatoms. The van der Waals surface area contributed by atoms with Gasteiger partial charge in [0.15, 0.2) is 4.34 Å². The number of thiazole rings is 1. The normalized spacial score (nSPS) is 10.9. The Labute approximate surface area is 173 Å². The highest BCUT2D eigenvalue weighted by Gasteiger charge is 2.29. The van der Waals surface area contributed by atoms with E-state index in [1.165, 1.54) is 48.7 Å². The predicted octanol–water partition coefficient (Wildman–Crippen LogP) is 3.15. The molecule has 0 aliphatic carbocycles. The Hall–Kier alpha value is -2.99. The molecule has 0 aliphatic heterocycles. The van der Waals surface area contributed by atoms with Crippen LogP contribution in [0.5, 0.6) is 0 Å². The fourth-order valence-electron chi connectivity index (χ4n) is 2.67. The van der Waals surface area contributed by atoms with Crippen LogP contribution in [0.15, 0.2) is 22.5 Å². The summed E-state index contributed by atoms with van der Waals surface area (Å²) in [6.45, 7) is 3.15. The summed E-state index contributed by atoms with van der Waals surface area (Å²) in [6.07, 6.45) is 0. The van der Waals surface area contributed by atoms with Crippen molar-refractivity contribution in [1.29, 1.82) is 0 Å². The van der Waals surface area contributed by atoms with Gasteiger partial charge in [-0.25, -0.2) is 4.98 Å². The lowest BCUT2D eigenvalue weighted by Gasteiger charge is -2.05. The number of aryl methyl sites for hydroxylation is 2. The molecule has 0 spiro atoms. The zero-order valence-corrected chi connectivity index (χ0v) is 17.4. The van der Waals surface area contributed by atoms with Gasteiger partial charge >= 0.3 is 11.7 Å². The second-order valence-electron chi connectivity index (χ2n) is 5.97. The lowest BCUT2D eigenvalue weighted by Crippen LogP contribution is -2.17. The third-order valence-electron chi connectivity index (χ3n) is 3.83. The monoisotopic (exact) mass is 435 g/mol. The smallest absolute Gasteiger partial charge is 0.322 e. The number of nitro groups is 1. The molecule has 2 aromatic heterocycles. The summed E-state index contributed by atoms with van der Waals surface area (Å²) < 4.78 is 7.76. The first kappa shape index (κ1) is 20.7. The SMILES string of the molecule is CC(=O)OCCSc1nc2ccc(NC(=O)c3c([N+](=O)[O-])c(C)nn3C)cc2s1. The van der Waals surface area contributed by atoms with Crippen molar-refractivity contribution in [3.05, 3.63) is 39.7 Å². The minimum atomic E-state index is -0.611. The zero-order chi connectivity index (χ0) is 21.1. The molecule has 0 atom stereocenters. The fraction of sp³-hybridized carbons (Fsp3) is 0.294. The van der Waals surface area contributed by atoms with Gasteiger partial charge in [0.25, 0.3) is 5.91 Å². The molecule has 0 unspecified atom stereocenters. The molecule has 0 aliphatic rings. The maximum absolute atomic E-state index is 12.6. The first-order chi connectivity index (χ1) is 13.8. The van der Waals surface area contributed by atoms with Gasteiger partial charge in [-0.3, -0.25) is 24.4 Å². The average molecular weight is 435 g/mol. The molecule has 0 fully saturated rings. The van der Waals surface area contributed by atoms with Crippen molar-refractivity contribution >= 4 is 56.6 Å². The second kappa shape index (κ2) is 8.57. The van der Waals surface area contributed by atoms with Gasteiger partial charge in [-0.05, 0) is 25.1 Å². The lowest BCUT2D eigenvalue weighted by molar-refractivity contribution is -0.385. The first-order valence-corrected chi connectivity index (χ1v) is 10.2. The maximum Gasteiger partial charge on any atom is 0.322 e. The van der Waals surface area contributed by atoms with E-state index < -0.39 is 10.8 Å². The molecule has 3 rings (SSSR count). The summed E-state index contributed by atoms with van der Waals surface area (Å²) in [5, 5.41) is 17.9. The number of hydrogen-bond donors (Lipinski definition) is 1. The van der Waals surface area contributed by atoms with Gasteiger partial charge in [-0.1, -0.05) is 11.8 Å². The Morgan fingerprint density at radius 1 is 1.41 bits per heavy atom. The zero-order valence-electron chi connectivity index (χ0n) is 15.8. The number of anilines is 1. The number of nitrogens with zero attached hydrogens (tertiary/aromatic N) is 4. The fourth-order valence-corrected chi connectivity index (χ4v) is 4.66. The molecule has 3 aromatic rings. The number of esters is 1. The van der Waals surface area contributed by atoms with Crippen LogP contribution >= 0.6 is 23.1 Å². The van der Waals surface area contributed by atoms with E-state index in [0.29, 0.717) is 18.0 Å². The highest BCUT2D eigenvalue weighted by Crippen LogP contribution is 2.31. The molecule has 0 saturated carbocycles. The van der Waals surface area contributed by atoms with Crippen molar-refractivity contribution in [3.8, 4) is 0 Å². The highest BCUT2D eigenvalue weighted by molar-refractivity contribution is 8.01. The molecule has 0 bridgehead atoms. The number of benzene rings is 1. The van der Waals surface area contributed by atoms with Crippen molar-refractivity contribution in [3.63, 3.8) is 0 Å². The van der Waals surface area contributed by atoms with E-state index >= 15 is 0 Å². The van der Waals surface area contributed by atoms with E-state index in [4.69, 9.17) is 4.74 Å². The van der Waals surface area contributed by atoms with Crippen LogP contribution in [-0.4, -0.2) is 43.9 Å². The largest absolute Gasteiger partial charge is 0.465 e. The van der Waals surface area contributed by atoms with E-state index in [0.717, 1.165) is 14.6 Å².